The minimum Gasteiger partial charge on any atom is -0.462 e. The zero-order chi connectivity index (χ0) is 59.2. The van der Waals surface area contributed by atoms with E-state index in [1.807, 2.05) is 0 Å². The predicted molar refractivity (Wildman–Crippen MR) is 357 cm³/mol. The third-order valence-corrected chi connectivity index (χ3v) is 15.0. The van der Waals surface area contributed by atoms with E-state index in [1.165, 1.54) is 180 Å². The Labute approximate surface area is 508 Å². The van der Waals surface area contributed by atoms with Gasteiger partial charge in [0.1, 0.15) is 13.2 Å². The molecule has 0 fully saturated rings. The van der Waals surface area contributed by atoms with Crippen LogP contribution in [0.2, 0.25) is 0 Å². The van der Waals surface area contributed by atoms with Crippen molar-refractivity contribution in [3.63, 3.8) is 0 Å². The van der Waals surface area contributed by atoms with Crippen LogP contribution in [-0.2, 0) is 28.6 Å². The van der Waals surface area contributed by atoms with Gasteiger partial charge in [-0.2, -0.15) is 0 Å². The van der Waals surface area contributed by atoms with Crippen LogP contribution >= 0.6 is 0 Å². The Hall–Kier alpha value is -3.93. The molecule has 0 saturated heterocycles. The highest BCUT2D eigenvalue weighted by Gasteiger charge is 2.19. The lowest BCUT2D eigenvalue weighted by Gasteiger charge is -2.18. The van der Waals surface area contributed by atoms with Crippen molar-refractivity contribution in [2.24, 2.45) is 0 Å². The normalized spacial score (nSPS) is 12.8. The molecule has 0 aromatic rings. The molecule has 0 saturated carbocycles. The Balaban J connectivity index is 4.23. The van der Waals surface area contributed by atoms with Gasteiger partial charge < -0.3 is 14.2 Å². The average Bonchev–Trinajstić information content (AvgIpc) is 3.47. The van der Waals surface area contributed by atoms with Crippen molar-refractivity contribution >= 4 is 17.9 Å². The summed E-state index contributed by atoms with van der Waals surface area (Å²) in [5.41, 5.74) is 0. The van der Waals surface area contributed by atoms with Crippen LogP contribution in [0.25, 0.3) is 0 Å². The molecule has 0 heterocycles. The third kappa shape index (κ3) is 66.9. The van der Waals surface area contributed by atoms with Gasteiger partial charge >= 0.3 is 17.9 Å². The Morgan fingerprint density at radius 2 is 0.476 bits per heavy atom. The molecule has 0 aromatic heterocycles. The molecule has 6 heteroatoms. The molecule has 1 atom stereocenters. The van der Waals surface area contributed by atoms with E-state index >= 15 is 0 Å². The van der Waals surface area contributed by atoms with Crippen LogP contribution in [0.1, 0.15) is 335 Å². The quantitative estimate of drug-likeness (QED) is 0.0261. The van der Waals surface area contributed by atoms with E-state index in [1.54, 1.807) is 0 Å². The second-order valence-corrected chi connectivity index (χ2v) is 23.1. The molecule has 1 unspecified atom stereocenters. The lowest BCUT2D eigenvalue weighted by atomic mass is 10.0. The maximum Gasteiger partial charge on any atom is 0.306 e. The minimum atomic E-state index is -0.782. The van der Waals surface area contributed by atoms with Crippen molar-refractivity contribution in [3.8, 4) is 0 Å². The van der Waals surface area contributed by atoms with Gasteiger partial charge in [0.05, 0.1) is 0 Å². The standard InChI is InChI=1S/C76H130O6/c1-4-7-10-13-16-19-22-24-26-28-30-32-34-35-36-37-38-39-40-41-43-44-46-48-50-52-54-57-60-63-66-69-75(78)81-72-73(71-80-74(77)68-65-62-59-56-21-18-15-12-9-6-3)82-76(79)70-67-64-61-58-55-53-51-49-47-45-42-33-31-29-27-25-23-20-17-14-11-8-5-2/h7,10,16,19,23-26,29-32,35-36,38-39,41,43,73H,4-6,8-9,11-15,17-18,20-22,27-28,33-34,37,40,42,44-72H2,1-3H3/b10-7-,19-16-,25-23-,26-24-,31-29-,32-30-,36-35-,39-38-,43-41-. The van der Waals surface area contributed by atoms with Gasteiger partial charge in [-0.25, -0.2) is 0 Å². The van der Waals surface area contributed by atoms with E-state index < -0.39 is 6.10 Å². The third-order valence-electron chi connectivity index (χ3n) is 15.0. The number of rotatable bonds is 63. The highest BCUT2D eigenvalue weighted by atomic mass is 16.6. The van der Waals surface area contributed by atoms with Crippen molar-refractivity contribution in [1.82, 2.24) is 0 Å². The Morgan fingerprint density at radius 1 is 0.256 bits per heavy atom. The monoisotopic (exact) mass is 1140 g/mol. The van der Waals surface area contributed by atoms with E-state index in [4.69, 9.17) is 14.2 Å². The highest BCUT2D eigenvalue weighted by Crippen LogP contribution is 2.17. The lowest BCUT2D eigenvalue weighted by molar-refractivity contribution is -0.167. The summed E-state index contributed by atoms with van der Waals surface area (Å²) in [5, 5.41) is 0. The van der Waals surface area contributed by atoms with Crippen LogP contribution in [0.4, 0.5) is 0 Å². The fourth-order valence-corrected chi connectivity index (χ4v) is 9.81. The summed E-state index contributed by atoms with van der Waals surface area (Å²) in [6.07, 6.45) is 95.4. The molecule has 0 radical (unpaired) electrons. The number of unbranched alkanes of at least 4 members (excludes halogenated alkanes) is 34. The molecule has 6 nitrogen and oxygen atoms in total. The SMILES string of the molecule is CC/C=C\C/C=C\C/C=C\C/C=C\C/C=C\C/C=C\C/C=C\CCCCCCCCCCCC(=O)OCC(COC(=O)CCCCCCCCCCCC)OC(=O)CCCCCCCCCCCCC/C=C\C/C=C\CCCCCCC. The molecule has 0 N–H and O–H groups in total. The average molecular weight is 1140 g/mol. The first kappa shape index (κ1) is 78.1. The van der Waals surface area contributed by atoms with Crippen LogP contribution in [-0.4, -0.2) is 37.2 Å². The maximum atomic E-state index is 12.9. The van der Waals surface area contributed by atoms with Gasteiger partial charge in [-0.05, 0) is 109 Å². The Kier molecular flexibility index (Phi) is 66.2. The zero-order valence-electron chi connectivity index (χ0n) is 54.0. The summed E-state index contributed by atoms with van der Waals surface area (Å²) in [5.74, 6) is -0.876. The first-order chi connectivity index (χ1) is 40.5. The van der Waals surface area contributed by atoms with Crippen LogP contribution in [0.15, 0.2) is 109 Å². The van der Waals surface area contributed by atoms with Gasteiger partial charge in [0.2, 0.25) is 0 Å². The molecule has 0 aliphatic heterocycles. The summed E-state index contributed by atoms with van der Waals surface area (Å²) >= 11 is 0. The van der Waals surface area contributed by atoms with Crippen molar-refractivity contribution in [2.75, 3.05) is 13.2 Å². The summed E-state index contributed by atoms with van der Waals surface area (Å²) in [6, 6.07) is 0. The van der Waals surface area contributed by atoms with Crippen LogP contribution in [0, 0.1) is 0 Å². The molecule has 82 heavy (non-hydrogen) atoms. The number of carbonyl (C=O) groups is 3. The first-order valence-electron chi connectivity index (χ1n) is 34.9. The largest absolute Gasteiger partial charge is 0.462 e. The Bertz CT molecular complexity index is 1640. The molecular formula is C76H130O6. The van der Waals surface area contributed by atoms with Gasteiger partial charge in [-0.3, -0.25) is 14.4 Å². The first-order valence-corrected chi connectivity index (χ1v) is 34.9. The molecule has 0 bridgehead atoms. The van der Waals surface area contributed by atoms with Gasteiger partial charge in [0, 0.05) is 19.3 Å². The van der Waals surface area contributed by atoms with Gasteiger partial charge in [0.25, 0.3) is 0 Å². The summed E-state index contributed by atoms with van der Waals surface area (Å²) in [4.78, 5) is 38.3. The van der Waals surface area contributed by atoms with Gasteiger partial charge in [-0.1, -0.05) is 316 Å². The lowest BCUT2D eigenvalue weighted by Crippen LogP contribution is -2.30. The maximum absolute atomic E-state index is 12.9. The molecule has 0 rings (SSSR count). The topological polar surface area (TPSA) is 78.9 Å². The Morgan fingerprint density at radius 3 is 0.744 bits per heavy atom. The number of ether oxygens (including phenoxy) is 3. The molecular weight excluding hydrogens is 1010 g/mol. The molecule has 0 aromatic carbocycles. The minimum absolute atomic E-state index is 0.0777. The van der Waals surface area contributed by atoms with Crippen molar-refractivity contribution in [3.05, 3.63) is 109 Å². The highest BCUT2D eigenvalue weighted by molar-refractivity contribution is 5.71. The van der Waals surface area contributed by atoms with Gasteiger partial charge in [0.15, 0.2) is 6.10 Å². The fraction of sp³-hybridized carbons (Fsp3) is 0.724. The number of hydrogen-bond donors (Lipinski definition) is 0. The second kappa shape index (κ2) is 69.6. The number of hydrogen-bond acceptors (Lipinski definition) is 6. The van der Waals surface area contributed by atoms with Crippen molar-refractivity contribution in [1.29, 1.82) is 0 Å². The number of allylic oxidation sites excluding steroid dienone is 18. The molecule has 0 amide bonds. The van der Waals surface area contributed by atoms with E-state index in [0.717, 1.165) is 116 Å². The van der Waals surface area contributed by atoms with E-state index in [-0.39, 0.29) is 31.1 Å². The molecule has 0 aliphatic rings. The molecule has 0 spiro atoms. The predicted octanol–water partition coefficient (Wildman–Crippen LogP) is 24.2. The van der Waals surface area contributed by atoms with E-state index in [9.17, 15) is 14.4 Å². The van der Waals surface area contributed by atoms with Crippen LogP contribution in [0.3, 0.4) is 0 Å². The molecule has 0 aliphatic carbocycles. The van der Waals surface area contributed by atoms with E-state index in [0.29, 0.717) is 19.3 Å². The van der Waals surface area contributed by atoms with E-state index in [2.05, 4.69) is 130 Å². The summed E-state index contributed by atoms with van der Waals surface area (Å²) < 4.78 is 16.9. The van der Waals surface area contributed by atoms with Crippen LogP contribution < -0.4 is 0 Å². The molecule has 470 valence electrons. The zero-order valence-corrected chi connectivity index (χ0v) is 54.0. The number of carbonyl (C=O) groups excluding carboxylic acids is 3. The van der Waals surface area contributed by atoms with Crippen molar-refractivity contribution in [2.45, 2.75) is 341 Å². The second-order valence-electron chi connectivity index (χ2n) is 23.1. The summed E-state index contributed by atoms with van der Waals surface area (Å²) in [7, 11) is 0. The number of esters is 3. The van der Waals surface area contributed by atoms with Crippen molar-refractivity contribution < 1.29 is 28.6 Å². The smallest absolute Gasteiger partial charge is 0.306 e. The van der Waals surface area contributed by atoms with Gasteiger partial charge in [-0.15, -0.1) is 0 Å². The summed E-state index contributed by atoms with van der Waals surface area (Å²) in [6.45, 7) is 6.53. The van der Waals surface area contributed by atoms with Crippen LogP contribution in [0.5, 0.6) is 0 Å². The fourth-order valence-electron chi connectivity index (χ4n) is 9.81.